The van der Waals surface area contributed by atoms with Gasteiger partial charge in [0.15, 0.2) is 0 Å². The number of rotatable bonds is 5. The van der Waals surface area contributed by atoms with Gasteiger partial charge in [0.2, 0.25) is 10.0 Å². The van der Waals surface area contributed by atoms with Crippen molar-refractivity contribution >= 4 is 21.6 Å². The number of nitrogens with one attached hydrogen (secondary N) is 1. The molecule has 0 aliphatic heterocycles. The van der Waals surface area contributed by atoms with Crippen LogP contribution in [-0.4, -0.2) is 8.42 Å². The van der Waals surface area contributed by atoms with Crippen LogP contribution in [0.3, 0.4) is 0 Å². The third-order valence-electron chi connectivity index (χ3n) is 2.92. The van der Waals surface area contributed by atoms with E-state index in [1.165, 1.54) is 30.3 Å². The molecule has 3 N–H and O–H groups in total. The highest BCUT2D eigenvalue weighted by Crippen LogP contribution is 2.17. The number of nitrogens with two attached hydrogens (primary N) is 1. The molecule has 2 rings (SSSR count). The number of halogens is 2. The van der Waals surface area contributed by atoms with E-state index < -0.39 is 15.8 Å². The van der Waals surface area contributed by atoms with E-state index in [0.717, 1.165) is 5.56 Å². The molecule has 21 heavy (non-hydrogen) atoms. The van der Waals surface area contributed by atoms with Gasteiger partial charge >= 0.3 is 0 Å². The molecule has 0 saturated carbocycles. The quantitative estimate of drug-likeness (QED) is 0.885. The zero-order valence-corrected chi connectivity index (χ0v) is 12.6. The molecule has 0 heterocycles. The summed E-state index contributed by atoms with van der Waals surface area (Å²) >= 11 is 5.65. The predicted octanol–water partition coefficient (Wildman–Crippen LogP) is 2.42. The third-order valence-corrected chi connectivity index (χ3v) is 4.63. The number of hydrogen-bond donors (Lipinski definition) is 2. The molecular weight excluding hydrogens is 315 g/mol. The lowest BCUT2D eigenvalue weighted by molar-refractivity contribution is 0.581. The van der Waals surface area contributed by atoms with Crippen LogP contribution in [0, 0.1) is 5.82 Å². The van der Waals surface area contributed by atoms with Crippen molar-refractivity contribution in [3.05, 3.63) is 64.4 Å². The van der Waals surface area contributed by atoms with Gasteiger partial charge in [-0.3, -0.25) is 0 Å². The molecule has 2 aromatic rings. The normalized spacial score (nSPS) is 11.6. The summed E-state index contributed by atoms with van der Waals surface area (Å²) in [5.74, 6) is -0.541. The van der Waals surface area contributed by atoms with Crippen LogP contribution in [0.5, 0.6) is 0 Å². The van der Waals surface area contributed by atoms with E-state index in [-0.39, 0.29) is 16.5 Å². The molecule has 0 saturated heterocycles. The van der Waals surface area contributed by atoms with Crippen molar-refractivity contribution in [2.24, 2.45) is 5.73 Å². The first-order chi connectivity index (χ1) is 9.92. The SMILES string of the molecule is NCc1ccc(S(=O)(=O)NCc2ccc(F)c(Cl)c2)cc1. The van der Waals surface area contributed by atoms with Crippen LogP contribution in [0.25, 0.3) is 0 Å². The lowest BCUT2D eigenvalue weighted by atomic mass is 10.2. The fraction of sp³-hybridized carbons (Fsp3) is 0.143. The van der Waals surface area contributed by atoms with Crippen LogP contribution in [-0.2, 0) is 23.1 Å². The molecule has 7 heteroatoms. The molecule has 0 unspecified atom stereocenters. The van der Waals surface area contributed by atoms with Crippen LogP contribution < -0.4 is 10.5 Å². The highest BCUT2D eigenvalue weighted by molar-refractivity contribution is 7.89. The van der Waals surface area contributed by atoms with Crippen LogP contribution in [0.15, 0.2) is 47.4 Å². The maximum Gasteiger partial charge on any atom is 0.240 e. The van der Waals surface area contributed by atoms with E-state index in [9.17, 15) is 12.8 Å². The lowest BCUT2D eigenvalue weighted by Gasteiger charge is -2.08. The van der Waals surface area contributed by atoms with Gasteiger partial charge < -0.3 is 5.73 Å². The molecule has 0 atom stereocenters. The Morgan fingerprint density at radius 2 is 1.71 bits per heavy atom. The highest BCUT2D eigenvalue weighted by atomic mass is 35.5. The van der Waals surface area contributed by atoms with Gasteiger partial charge in [0.05, 0.1) is 9.92 Å². The Balaban J connectivity index is 2.11. The van der Waals surface area contributed by atoms with Crippen molar-refractivity contribution in [2.75, 3.05) is 0 Å². The Morgan fingerprint density at radius 3 is 2.29 bits per heavy atom. The topological polar surface area (TPSA) is 72.2 Å². The van der Waals surface area contributed by atoms with E-state index >= 15 is 0 Å². The molecule has 112 valence electrons. The Hall–Kier alpha value is -1.47. The summed E-state index contributed by atoms with van der Waals surface area (Å²) in [6.07, 6.45) is 0. The van der Waals surface area contributed by atoms with Gasteiger partial charge in [0, 0.05) is 13.1 Å². The highest BCUT2D eigenvalue weighted by Gasteiger charge is 2.13. The van der Waals surface area contributed by atoms with E-state index in [2.05, 4.69) is 4.72 Å². The first-order valence-corrected chi connectivity index (χ1v) is 8.01. The molecule has 0 bridgehead atoms. The van der Waals surface area contributed by atoms with Crippen molar-refractivity contribution in [1.82, 2.24) is 4.72 Å². The lowest BCUT2D eigenvalue weighted by Crippen LogP contribution is -2.23. The molecule has 0 aliphatic rings. The van der Waals surface area contributed by atoms with E-state index in [1.54, 1.807) is 12.1 Å². The summed E-state index contributed by atoms with van der Waals surface area (Å²) in [4.78, 5) is 0.146. The standard InChI is InChI=1S/C14H14ClFN2O2S/c15-13-7-11(3-6-14(13)16)9-18-21(19,20)12-4-1-10(8-17)2-5-12/h1-7,18H,8-9,17H2. The van der Waals surface area contributed by atoms with Crippen LogP contribution in [0.1, 0.15) is 11.1 Å². The van der Waals surface area contributed by atoms with E-state index in [0.29, 0.717) is 12.1 Å². The molecule has 0 radical (unpaired) electrons. The van der Waals surface area contributed by atoms with Crippen molar-refractivity contribution in [3.8, 4) is 0 Å². The smallest absolute Gasteiger partial charge is 0.240 e. The molecule has 0 aromatic heterocycles. The summed E-state index contributed by atoms with van der Waals surface area (Å²) in [6.45, 7) is 0.378. The molecule has 4 nitrogen and oxygen atoms in total. The molecule has 0 amide bonds. The third kappa shape index (κ3) is 4.01. The second kappa shape index (κ2) is 6.53. The van der Waals surface area contributed by atoms with Gasteiger partial charge in [0.1, 0.15) is 5.82 Å². The van der Waals surface area contributed by atoms with Gasteiger partial charge in [-0.1, -0.05) is 29.8 Å². The summed E-state index contributed by atoms with van der Waals surface area (Å²) < 4.78 is 39.7. The van der Waals surface area contributed by atoms with Crippen LogP contribution >= 0.6 is 11.6 Å². The zero-order chi connectivity index (χ0) is 15.5. The van der Waals surface area contributed by atoms with Crippen molar-refractivity contribution < 1.29 is 12.8 Å². The first-order valence-electron chi connectivity index (χ1n) is 6.15. The summed E-state index contributed by atoms with van der Waals surface area (Å²) in [6, 6.07) is 10.3. The zero-order valence-electron chi connectivity index (χ0n) is 11.0. The van der Waals surface area contributed by atoms with Crippen LogP contribution in [0.4, 0.5) is 4.39 Å². The van der Waals surface area contributed by atoms with Crippen LogP contribution in [0.2, 0.25) is 5.02 Å². The summed E-state index contributed by atoms with van der Waals surface area (Å²) in [7, 11) is -3.63. The van der Waals surface area contributed by atoms with Crippen molar-refractivity contribution in [1.29, 1.82) is 0 Å². The second-order valence-corrected chi connectivity index (χ2v) is 6.60. The Labute approximate surface area is 127 Å². The fourth-order valence-electron chi connectivity index (χ4n) is 1.72. The van der Waals surface area contributed by atoms with Gasteiger partial charge in [-0.25, -0.2) is 17.5 Å². The Morgan fingerprint density at radius 1 is 1.10 bits per heavy atom. The minimum atomic E-state index is -3.63. The monoisotopic (exact) mass is 328 g/mol. The number of sulfonamides is 1. The van der Waals surface area contributed by atoms with Gasteiger partial charge in [0.25, 0.3) is 0 Å². The average molecular weight is 329 g/mol. The van der Waals surface area contributed by atoms with Gasteiger partial charge in [-0.05, 0) is 35.4 Å². The molecule has 0 aliphatic carbocycles. The van der Waals surface area contributed by atoms with Gasteiger partial charge in [-0.15, -0.1) is 0 Å². The molecular formula is C14H14ClFN2O2S. The minimum absolute atomic E-state index is 0.0287. The summed E-state index contributed by atoms with van der Waals surface area (Å²) in [5.41, 5.74) is 6.88. The Kier molecular flexibility index (Phi) is 4.95. The first kappa shape index (κ1) is 15.9. The average Bonchev–Trinajstić information content (AvgIpc) is 2.48. The van der Waals surface area contributed by atoms with Crippen molar-refractivity contribution in [2.45, 2.75) is 18.0 Å². The van der Waals surface area contributed by atoms with E-state index in [4.69, 9.17) is 17.3 Å². The predicted molar refractivity (Wildman–Crippen MR) is 79.8 cm³/mol. The van der Waals surface area contributed by atoms with Crippen molar-refractivity contribution in [3.63, 3.8) is 0 Å². The van der Waals surface area contributed by atoms with Gasteiger partial charge in [-0.2, -0.15) is 0 Å². The summed E-state index contributed by atoms with van der Waals surface area (Å²) in [5, 5.41) is -0.0426. The number of benzene rings is 2. The second-order valence-electron chi connectivity index (χ2n) is 4.42. The largest absolute Gasteiger partial charge is 0.326 e. The maximum atomic E-state index is 13.0. The molecule has 2 aromatic carbocycles. The maximum absolute atomic E-state index is 13.0. The fourth-order valence-corrected chi connectivity index (χ4v) is 2.94. The minimum Gasteiger partial charge on any atom is -0.326 e. The Bertz CT molecular complexity index is 733. The number of hydrogen-bond acceptors (Lipinski definition) is 3. The molecule has 0 fully saturated rings. The van der Waals surface area contributed by atoms with E-state index in [1.807, 2.05) is 0 Å². The molecule has 0 spiro atoms.